The van der Waals surface area contributed by atoms with Gasteiger partial charge in [-0.15, -0.1) is 11.3 Å². The van der Waals surface area contributed by atoms with E-state index in [2.05, 4.69) is 16.4 Å². The molecule has 0 radical (unpaired) electrons. The molecule has 0 saturated carbocycles. The largest absolute Gasteiger partial charge is 0.315 e. The van der Waals surface area contributed by atoms with Crippen LogP contribution in [0.15, 0.2) is 23.6 Å². The highest BCUT2D eigenvalue weighted by atomic mass is 32.1. The van der Waals surface area contributed by atoms with Crippen LogP contribution in [-0.4, -0.2) is 23.8 Å². The number of nitrogens with one attached hydrogen (secondary N) is 1. The van der Waals surface area contributed by atoms with Crippen molar-refractivity contribution in [2.45, 2.75) is 34.1 Å². The highest BCUT2D eigenvalue weighted by molar-refractivity contribution is 7.13. The fraction of sp³-hybridized carbons (Fsp3) is 0.389. The molecular weight excluding hydrogens is 322 g/mol. The monoisotopic (exact) mass is 345 g/mol. The molecule has 0 saturated heterocycles. The summed E-state index contributed by atoms with van der Waals surface area (Å²) >= 11 is 1.34. The molecule has 0 atom stereocenters. The van der Waals surface area contributed by atoms with Gasteiger partial charge in [0.15, 0.2) is 5.13 Å². The van der Waals surface area contributed by atoms with Crippen molar-refractivity contribution >= 4 is 34.0 Å². The molecule has 6 heteroatoms. The quantitative estimate of drug-likeness (QED) is 0.901. The van der Waals surface area contributed by atoms with Gasteiger partial charge >= 0.3 is 0 Å². The number of anilines is 2. The summed E-state index contributed by atoms with van der Waals surface area (Å²) in [5.41, 5.74) is 3.79. The number of thiazole rings is 1. The number of benzene rings is 1. The first-order chi connectivity index (χ1) is 11.3. The van der Waals surface area contributed by atoms with Crippen molar-refractivity contribution < 1.29 is 9.59 Å². The molecule has 128 valence electrons. The van der Waals surface area contributed by atoms with Crippen LogP contribution in [0.25, 0.3) is 0 Å². The molecule has 24 heavy (non-hydrogen) atoms. The molecule has 2 rings (SSSR count). The van der Waals surface area contributed by atoms with Gasteiger partial charge in [0.2, 0.25) is 11.8 Å². The van der Waals surface area contributed by atoms with E-state index in [0.29, 0.717) is 10.8 Å². The Morgan fingerprint density at radius 3 is 2.42 bits per heavy atom. The first-order valence-electron chi connectivity index (χ1n) is 7.86. The van der Waals surface area contributed by atoms with Crippen LogP contribution in [0.2, 0.25) is 0 Å². The van der Waals surface area contributed by atoms with Gasteiger partial charge in [0.1, 0.15) is 0 Å². The molecular formula is C18H23N3O2S. The Hall–Kier alpha value is -2.21. The molecule has 1 aromatic heterocycles. The summed E-state index contributed by atoms with van der Waals surface area (Å²) in [7, 11) is 1.77. The number of hydrogen-bond donors (Lipinski definition) is 1. The number of nitrogens with zero attached hydrogens (tertiary/aromatic N) is 2. The van der Waals surface area contributed by atoms with E-state index in [-0.39, 0.29) is 24.2 Å². The topological polar surface area (TPSA) is 62.3 Å². The number of likely N-dealkylation sites (N-methyl/N-ethyl adjacent to an activating group) is 1. The molecule has 2 amide bonds. The zero-order valence-electron chi connectivity index (χ0n) is 14.7. The van der Waals surface area contributed by atoms with E-state index in [1.165, 1.54) is 11.3 Å². The third-order valence-electron chi connectivity index (χ3n) is 3.61. The van der Waals surface area contributed by atoms with Crippen molar-refractivity contribution in [3.05, 3.63) is 40.4 Å². The van der Waals surface area contributed by atoms with Crippen LogP contribution in [-0.2, 0) is 16.0 Å². The summed E-state index contributed by atoms with van der Waals surface area (Å²) in [4.78, 5) is 30.1. The molecule has 0 bridgehead atoms. The Labute approximate surface area is 146 Å². The molecule has 5 nitrogen and oxygen atoms in total. The minimum absolute atomic E-state index is 0.0352. The molecule has 1 N–H and O–H groups in total. The Bertz CT molecular complexity index is 732. The zero-order chi connectivity index (χ0) is 17.9. The lowest BCUT2D eigenvalue weighted by molar-refractivity contribution is -0.119. The SMILES string of the molecule is Cc1cc(C)cc(N(C)C(=O)Cc2csc(NC(=O)C(C)C)n2)c1. The summed E-state index contributed by atoms with van der Waals surface area (Å²) in [5, 5.41) is 5.10. The van der Waals surface area contributed by atoms with Crippen LogP contribution in [0.5, 0.6) is 0 Å². The van der Waals surface area contributed by atoms with Gasteiger partial charge in [-0.2, -0.15) is 0 Å². The van der Waals surface area contributed by atoms with Crippen LogP contribution in [0.4, 0.5) is 10.8 Å². The number of aryl methyl sites for hydroxylation is 2. The van der Waals surface area contributed by atoms with Gasteiger partial charge in [-0.05, 0) is 37.1 Å². The third-order valence-corrected chi connectivity index (χ3v) is 4.41. The van der Waals surface area contributed by atoms with E-state index in [1.807, 2.05) is 45.2 Å². The Kier molecular flexibility index (Phi) is 5.72. The van der Waals surface area contributed by atoms with Gasteiger partial charge in [-0.1, -0.05) is 19.9 Å². The van der Waals surface area contributed by atoms with Crippen LogP contribution in [0.1, 0.15) is 30.7 Å². The fourth-order valence-electron chi connectivity index (χ4n) is 2.26. The predicted molar refractivity (Wildman–Crippen MR) is 98.6 cm³/mol. The molecule has 0 fully saturated rings. The molecule has 1 aromatic carbocycles. The van der Waals surface area contributed by atoms with Crippen molar-refractivity contribution in [1.29, 1.82) is 0 Å². The minimum Gasteiger partial charge on any atom is -0.315 e. The third kappa shape index (κ3) is 4.64. The molecule has 0 unspecified atom stereocenters. The van der Waals surface area contributed by atoms with Crippen LogP contribution >= 0.6 is 11.3 Å². The summed E-state index contributed by atoms with van der Waals surface area (Å²) in [6.45, 7) is 7.68. The van der Waals surface area contributed by atoms with Crippen molar-refractivity contribution in [2.75, 3.05) is 17.3 Å². The second kappa shape index (κ2) is 7.57. The second-order valence-corrected chi connectivity index (χ2v) is 7.12. The molecule has 0 aliphatic carbocycles. The summed E-state index contributed by atoms with van der Waals surface area (Å²) in [6, 6.07) is 6.05. The number of amides is 2. The lowest BCUT2D eigenvalue weighted by Gasteiger charge is -2.18. The summed E-state index contributed by atoms with van der Waals surface area (Å²) in [5.74, 6) is -0.212. The molecule has 0 aliphatic heterocycles. The van der Waals surface area contributed by atoms with E-state index in [9.17, 15) is 9.59 Å². The van der Waals surface area contributed by atoms with Gasteiger partial charge in [0, 0.05) is 24.0 Å². The van der Waals surface area contributed by atoms with Gasteiger partial charge < -0.3 is 10.2 Å². The van der Waals surface area contributed by atoms with Gasteiger partial charge in [0.25, 0.3) is 0 Å². The number of carbonyl (C=O) groups is 2. The van der Waals surface area contributed by atoms with Crippen molar-refractivity contribution in [3.63, 3.8) is 0 Å². The number of aromatic nitrogens is 1. The van der Waals surface area contributed by atoms with E-state index in [4.69, 9.17) is 0 Å². The average Bonchev–Trinajstić information content (AvgIpc) is 2.92. The second-order valence-electron chi connectivity index (χ2n) is 6.26. The van der Waals surface area contributed by atoms with Crippen LogP contribution in [0, 0.1) is 19.8 Å². The predicted octanol–water partition coefficient (Wildman–Crippen LogP) is 3.56. The normalized spacial score (nSPS) is 10.8. The standard InChI is InChI=1S/C18H23N3O2S/c1-11(2)17(23)20-18-19-14(10-24-18)9-16(22)21(5)15-7-12(3)6-13(4)8-15/h6-8,10-11H,9H2,1-5H3,(H,19,20,23). The maximum Gasteiger partial charge on any atom is 0.232 e. The Balaban J connectivity index is 2.04. The average molecular weight is 345 g/mol. The first-order valence-corrected chi connectivity index (χ1v) is 8.74. The van der Waals surface area contributed by atoms with Crippen molar-refractivity contribution in [2.24, 2.45) is 5.92 Å². The highest BCUT2D eigenvalue weighted by Crippen LogP contribution is 2.20. The van der Waals surface area contributed by atoms with E-state index in [1.54, 1.807) is 11.9 Å². The summed E-state index contributed by atoms with van der Waals surface area (Å²) < 4.78 is 0. The minimum atomic E-state index is -0.102. The van der Waals surface area contributed by atoms with Crippen molar-refractivity contribution in [3.8, 4) is 0 Å². The van der Waals surface area contributed by atoms with E-state index in [0.717, 1.165) is 16.8 Å². The zero-order valence-corrected chi connectivity index (χ0v) is 15.5. The van der Waals surface area contributed by atoms with E-state index >= 15 is 0 Å². The highest BCUT2D eigenvalue weighted by Gasteiger charge is 2.15. The van der Waals surface area contributed by atoms with Gasteiger partial charge in [0.05, 0.1) is 12.1 Å². The fourth-order valence-corrected chi connectivity index (χ4v) is 2.97. The van der Waals surface area contributed by atoms with Crippen LogP contribution in [0.3, 0.4) is 0 Å². The number of carbonyl (C=O) groups excluding carboxylic acids is 2. The molecule has 0 spiro atoms. The molecule has 2 aromatic rings. The van der Waals surface area contributed by atoms with E-state index < -0.39 is 0 Å². The van der Waals surface area contributed by atoms with Crippen molar-refractivity contribution in [1.82, 2.24) is 4.98 Å². The number of hydrogen-bond acceptors (Lipinski definition) is 4. The smallest absolute Gasteiger partial charge is 0.232 e. The lowest BCUT2D eigenvalue weighted by Crippen LogP contribution is -2.28. The van der Waals surface area contributed by atoms with Crippen LogP contribution < -0.4 is 10.2 Å². The first kappa shape index (κ1) is 18.1. The summed E-state index contributed by atoms with van der Waals surface area (Å²) in [6.07, 6.45) is 0.206. The molecule has 0 aliphatic rings. The maximum absolute atomic E-state index is 12.5. The Morgan fingerprint density at radius 1 is 1.21 bits per heavy atom. The van der Waals surface area contributed by atoms with Gasteiger partial charge in [-0.25, -0.2) is 4.98 Å². The maximum atomic E-state index is 12.5. The lowest BCUT2D eigenvalue weighted by atomic mass is 10.1. The molecule has 1 heterocycles. The number of rotatable bonds is 5. The Morgan fingerprint density at radius 2 is 1.83 bits per heavy atom. The van der Waals surface area contributed by atoms with Gasteiger partial charge in [-0.3, -0.25) is 9.59 Å².